The maximum absolute atomic E-state index is 12.5. The minimum absolute atomic E-state index is 0.0347. The van der Waals surface area contributed by atoms with Gasteiger partial charge in [-0.2, -0.15) is 0 Å². The van der Waals surface area contributed by atoms with E-state index in [9.17, 15) is 22.8 Å². The van der Waals surface area contributed by atoms with Gasteiger partial charge in [-0.1, -0.05) is 18.2 Å². The molecule has 0 unspecified atom stereocenters. The van der Waals surface area contributed by atoms with Gasteiger partial charge in [0.15, 0.2) is 16.4 Å². The van der Waals surface area contributed by atoms with Crippen molar-refractivity contribution in [3.8, 4) is 0 Å². The summed E-state index contributed by atoms with van der Waals surface area (Å²) in [6.45, 7) is 0.752. The fourth-order valence-corrected chi connectivity index (χ4v) is 5.05. The summed E-state index contributed by atoms with van der Waals surface area (Å²) in [5.41, 5.74) is 1.74. The van der Waals surface area contributed by atoms with Gasteiger partial charge in [-0.05, 0) is 18.1 Å². The van der Waals surface area contributed by atoms with E-state index in [0.29, 0.717) is 6.42 Å². The van der Waals surface area contributed by atoms with Gasteiger partial charge in [-0.25, -0.2) is 13.2 Å². The maximum atomic E-state index is 12.5. The van der Waals surface area contributed by atoms with Crippen molar-refractivity contribution in [2.75, 3.05) is 18.1 Å². The van der Waals surface area contributed by atoms with Gasteiger partial charge in [0.05, 0.1) is 11.5 Å². The number of carbonyl (C=O) groups is 3. The number of nitrogens with one attached hydrogen (secondary N) is 3. The van der Waals surface area contributed by atoms with Gasteiger partial charge in [0.1, 0.15) is 6.04 Å². The van der Waals surface area contributed by atoms with Crippen LogP contribution in [0.3, 0.4) is 0 Å². The van der Waals surface area contributed by atoms with Gasteiger partial charge in [-0.15, -0.1) is 0 Å². The van der Waals surface area contributed by atoms with Gasteiger partial charge < -0.3 is 20.4 Å². The third-order valence-corrected chi connectivity index (χ3v) is 6.47. The quantitative estimate of drug-likeness (QED) is 0.541. The molecule has 0 aliphatic carbocycles. The highest BCUT2D eigenvalue weighted by atomic mass is 32.2. The lowest BCUT2D eigenvalue weighted by Crippen LogP contribution is -2.44. The number of hydrogen-bond donors (Lipinski definition) is 3. The number of amides is 2. The molecule has 2 aromatic rings. The fourth-order valence-electron chi connectivity index (χ4n) is 3.37. The van der Waals surface area contributed by atoms with E-state index < -0.39 is 46.3 Å². The number of carbonyl (C=O) groups excluding carboxylic acids is 3. The first-order chi connectivity index (χ1) is 13.7. The number of hydrogen-bond acceptors (Lipinski definition) is 6. The first-order valence-corrected chi connectivity index (χ1v) is 11.0. The molecule has 1 fully saturated rings. The molecule has 1 saturated heterocycles. The monoisotopic (exact) mass is 421 g/mol. The Bertz CT molecular complexity index is 1030. The first-order valence-electron chi connectivity index (χ1n) is 9.22. The molecule has 0 saturated carbocycles. The van der Waals surface area contributed by atoms with Crippen LogP contribution in [0.25, 0.3) is 10.9 Å². The highest BCUT2D eigenvalue weighted by Crippen LogP contribution is 2.19. The second-order valence-corrected chi connectivity index (χ2v) is 9.32. The molecule has 1 aromatic heterocycles. The van der Waals surface area contributed by atoms with E-state index in [-0.39, 0.29) is 17.9 Å². The molecule has 9 nitrogen and oxygen atoms in total. The van der Waals surface area contributed by atoms with E-state index in [1.165, 1.54) is 6.92 Å². The van der Waals surface area contributed by atoms with E-state index in [2.05, 4.69) is 15.6 Å². The summed E-state index contributed by atoms with van der Waals surface area (Å²) in [5, 5.41) is 6.03. The average Bonchev–Trinajstić information content (AvgIpc) is 3.21. The van der Waals surface area contributed by atoms with E-state index in [0.717, 1.165) is 16.5 Å². The zero-order chi connectivity index (χ0) is 21.0. The summed E-state index contributed by atoms with van der Waals surface area (Å²) in [6, 6.07) is 6.14. The Balaban J connectivity index is 1.59. The van der Waals surface area contributed by atoms with Crippen molar-refractivity contribution in [3.63, 3.8) is 0 Å². The lowest BCUT2D eigenvalue weighted by molar-refractivity contribution is -0.151. The lowest BCUT2D eigenvalue weighted by atomic mass is 10.0. The molecule has 10 heteroatoms. The third-order valence-electron chi connectivity index (χ3n) is 4.70. The van der Waals surface area contributed by atoms with Crippen LogP contribution in [0.1, 0.15) is 18.9 Å². The standard InChI is InChI=1S/C19H23N3O6S/c1-12(23)21-17(8-13-9-20-16-5-3-2-4-15(13)16)19(25)28-10-18(24)22-14-6-7-29(26,27)11-14/h2-5,9,14,17,20H,6-8,10-11H2,1H3,(H,21,23)(H,22,24)/t14-,17+/m1/s1. The predicted molar refractivity (Wildman–Crippen MR) is 106 cm³/mol. The summed E-state index contributed by atoms with van der Waals surface area (Å²) >= 11 is 0. The van der Waals surface area contributed by atoms with Crippen LogP contribution in [-0.4, -0.2) is 61.4 Å². The van der Waals surface area contributed by atoms with E-state index in [4.69, 9.17) is 4.74 Å². The van der Waals surface area contributed by atoms with Crippen molar-refractivity contribution in [3.05, 3.63) is 36.0 Å². The molecule has 0 spiro atoms. The van der Waals surface area contributed by atoms with Crippen LogP contribution in [0.5, 0.6) is 0 Å². The first kappa shape index (κ1) is 20.8. The Morgan fingerprint density at radius 2 is 2.03 bits per heavy atom. The number of fused-ring (bicyclic) bond motifs is 1. The van der Waals surface area contributed by atoms with Crippen LogP contribution in [0.15, 0.2) is 30.5 Å². The number of sulfone groups is 1. The minimum atomic E-state index is -3.12. The van der Waals surface area contributed by atoms with Gasteiger partial charge in [0, 0.05) is 36.5 Å². The van der Waals surface area contributed by atoms with Gasteiger partial charge >= 0.3 is 5.97 Å². The number of benzene rings is 1. The average molecular weight is 421 g/mol. The molecule has 29 heavy (non-hydrogen) atoms. The molecule has 156 valence electrons. The minimum Gasteiger partial charge on any atom is -0.454 e. The van der Waals surface area contributed by atoms with Gasteiger partial charge in [-0.3, -0.25) is 9.59 Å². The van der Waals surface area contributed by atoms with Crippen molar-refractivity contribution in [1.29, 1.82) is 0 Å². The molecule has 2 heterocycles. The smallest absolute Gasteiger partial charge is 0.329 e. The van der Waals surface area contributed by atoms with Crippen molar-refractivity contribution in [2.24, 2.45) is 0 Å². The molecule has 3 rings (SSSR count). The molecule has 1 aliphatic heterocycles. The summed E-state index contributed by atoms with van der Waals surface area (Å²) in [7, 11) is -3.12. The second kappa shape index (κ2) is 8.64. The Hall–Kier alpha value is -2.88. The highest BCUT2D eigenvalue weighted by Gasteiger charge is 2.29. The summed E-state index contributed by atoms with van der Waals surface area (Å²) in [6.07, 6.45) is 2.31. The Labute approximate surface area is 168 Å². The summed E-state index contributed by atoms with van der Waals surface area (Å²) in [4.78, 5) is 39.1. The van der Waals surface area contributed by atoms with E-state index in [1.54, 1.807) is 6.20 Å². The maximum Gasteiger partial charge on any atom is 0.329 e. The molecular formula is C19H23N3O6S. The fraction of sp³-hybridized carbons (Fsp3) is 0.421. The molecule has 2 atom stereocenters. The topological polar surface area (TPSA) is 134 Å². The van der Waals surface area contributed by atoms with Crippen molar-refractivity contribution in [2.45, 2.75) is 31.8 Å². The number of ether oxygens (including phenoxy) is 1. The Kier molecular flexibility index (Phi) is 6.21. The number of aromatic amines is 1. The van der Waals surface area contributed by atoms with Crippen molar-refractivity contribution >= 4 is 38.5 Å². The van der Waals surface area contributed by atoms with E-state index >= 15 is 0 Å². The van der Waals surface area contributed by atoms with Crippen LogP contribution in [-0.2, 0) is 35.4 Å². The number of para-hydroxylation sites is 1. The number of aromatic nitrogens is 1. The Morgan fingerprint density at radius 1 is 1.28 bits per heavy atom. The van der Waals surface area contributed by atoms with Crippen LogP contribution in [0, 0.1) is 0 Å². The van der Waals surface area contributed by atoms with Crippen molar-refractivity contribution in [1.82, 2.24) is 15.6 Å². The van der Waals surface area contributed by atoms with Gasteiger partial charge in [0.2, 0.25) is 5.91 Å². The molecule has 3 N–H and O–H groups in total. The summed E-state index contributed by atoms with van der Waals surface area (Å²) < 4.78 is 28.0. The molecular weight excluding hydrogens is 398 g/mol. The van der Waals surface area contributed by atoms with Gasteiger partial charge in [0.25, 0.3) is 5.91 Å². The predicted octanol–water partition coefficient (Wildman–Crippen LogP) is 0.0616. The molecule has 1 aromatic carbocycles. The normalized spacial score (nSPS) is 18.9. The lowest BCUT2D eigenvalue weighted by Gasteiger charge is -2.17. The van der Waals surface area contributed by atoms with Crippen LogP contribution < -0.4 is 10.6 Å². The summed E-state index contributed by atoms with van der Waals surface area (Å²) in [5.74, 6) is -1.78. The van der Waals surface area contributed by atoms with Crippen LogP contribution in [0.2, 0.25) is 0 Å². The van der Waals surface area contributed by atoms with Crippen LogP contribution >= 0.6 is 0 Å². The number of H-pyrrole nitrogens is 1. The number of esters is 1. The molecule has 1 aliphatic rings. The van der Waals surface area contributed by atoms with Crippen molar-refractivity contribution < 1.29 is 27.5 Å². The highest BCUT2D eigenvalue weighted by molar-refractivity contribution is 7.91. The molecule has 0 radical (unpaired) electrons. The zero-order valence-corrected chi connectivity index (χ0v) is 16.8. The van der Waals surface area contributed by atoms with E-state index in [1.807, 2.05) is 24.3 Å². The number of rotatable bonds is 7. The molecule has 0 bridgehead atoms. The second-order valence-electron chi connectivity index (χ2n) is 7.09. The SMILES string of the molecule is CC(=O)N[C@@H](Cc1c[nH]c2ccccc12)C(=O)OCC(=O)N[C@@H]1CCS(=O)(=O)C1. The molecule has 2 amide bonds. The zero-order valence-electron chi connectivity index (χ0n) is 15.9. The third kappa shape index (κ3) is 5.57. The Morgan fingerprint density at radius 3 is 2.72 bits per heavy atom. The largest absolute Gasteiger partial charge is 0.454 e. The van der Waals surface area contributed by atoms with Crippen LogP contribution in [0.4, 0.5) is 0 Å².